The summed E-state index contributed by atoms with van der Waals surface area (Å²) >= 11 is 0. The topological polar surface area (TPSA) is 50.2 Å². The SMILES string of the molecule is Cc1cc(N2CCCC2)ncc1NC(=O)c1cc2cc(F)ccc2n1Cc1cccc(F)c1. The highest BCUT2D eigenvalue weighted by molar-refractivity contribution is 6.06. The highest BCUT2D eigenvalue weighted by atomic mass is 19.1. The molecule has 1 saturated heterocycles. The van der Waals surface area contributed by atoms with Gasteiger partial charge in [0.05, 0.1) is 11.9 Å². The second-order valence-electron chi connectivity index (χ2n) is 8.45. The molecule has 4 aromatic rings. The van der Waals surface area contributed by atoms with Crippen LogP contribution in [0.1, 0.15) is 34.5 Å². The molecule has 168 valence electrons. The second kappa shape index (κ2) is 8.65. The predicted molar refractivity (Wildman–Crippen MR) is 126 cm³/mol. The number of pyridine rings is 1. The average Bonchev–Trinajstić information content (AvgIpc) is 3.44. The normalized spacial score (nSPS) is 13.6. The van der Waals surface area contributed by atoms with Crippen molar-refractivity contribution in [3.05, 3.63) is 89.2 Å². The van der Waals surface area contributed by atoms with E-state index >= 15 is 0 Å². The van der Waals surface area contributed by atoms with E-state index < -0.39 is 0 Å². The van der Waals surface area contributed by atoms with E-state index in [2.05, 4.69) is 15.2 Å². The Morgan fingerprint density at radius 2 is 1.82 bits per heavy atom. The number of rotatable bonds is 5. The van der Waals surface area contributed by atoms with Gasteiger partial charge in [-0.1, -0.05) is 12.1 Å². The largest absolute Gasteiger partial charge is 0.357 e. The molecule has 5 rings (SSSR count). The third kappa shape index (κ3) is 4.31. The Morgan fingerprint density at radius 3 is 2.58 bits per heavy atom. The lowest BCUT2D eigenvalue weighted by molar-refractivity contribution is 0.101. The van der Waals surface area contributed by atoms with Crippen LogP contribution in [-0.4, -0.2) is 28.5 Å². The van der Waals surface area contributed by atoms with Gasteiger partial charge in [0.2, 0.25) is 0 Å². The number of halogens is 2. The van der Waals surface area contributed by atoms with Gasteiger partial charge in [-0.05, 0) is 73.4 Å². The summed E-state index contributed by atoms with van der Waals surface area (Å²) in [4.78, 5) is 20.1. The molecule has 1 fully saturated rings. The third-order valence-corrected chi connectivity index (χ3v) is 6.10. The number of aromatic nitrogens is 2. The van der Waals surface area contributed by atoms with Crippen molar-refractivity contribution in [1.29, 1.82) is 0 Å². The van der Waals surface area contributed by atoms with Crippen LogP contribution in [0.25, 0.3) is 10.9 Å². The number of hydrogen-bond acceptors (Lipinski definition) is 3. The molecule has 1 aliphatic rings. The minimum Gasteiger partial charge on any atom is -0.357 e. The predicted octanol–water partition coefficient (Wildman–Crippen LogP) is 5.52. The maximum atomic E-state index is 13.9. The van der Waals surface area contributed by atoms with E-state index in [4.69, 9.17) is 0 Å². The summed E-state index contributed by atoms with van der Waals surface area (Å²) in [5.41, 5.74) is 3.31. The first-order chi connectivity index (χ1) is 16.0. The Kier molecular flexibility index (Phi) is 5.54. The quantitative estimate of drug-likeness (QED) is 0.439. The maximum absolute atomic E-state index is 13.9. The number of hydrogen-bond donors (Lipinski definition) is 1. The van der Waals surface area contributed by atoms with Crippen molar-refractivity contribution >= 4 is 28.3 Å². The summed E-state index contributed by atoms with van der Waals surface area (Å²) in [6.07, 6.45) is 4.01. The maximum Gasteiger partial charge on any atom is 0.272 e. The van der Waals surface area contributed by atoms with Gasteiger partial charge < -0.3 is 14.8 Å². The molecule has 0 atom stereocenters. The summed E-state index contributed by atoms with van der Waals surface area (Å²) in [5, 5.41) is 3.56. The number of nitrogens with zero attached hydrogens (tertiary/aromatic N) is 3. The van der Waals surface area contributed by atoms with Crippen LogP contribution < -0.4 is 10.2 Å². The van der Waals surface area contributed by atoms with Gasteiger partial charge in [0.25, 0.3) is 5.91 Å². The number of amides is 1. The number of nitrogens with one attached hydrogen (secondary N) is 1. The highest BCUT2D eigenvalue weighted by Crippen LogP contribution is 2.26. The van der Waals surface area contributed by atoms with Crippen LogP contribution in [0.15, 0.2) is 60.8 Å². The van der Waals surface area contributed by atoms with Gasteiger partial charge in [-0.3, -0.25) is 4.79 Å². The molecule has 0 bridgehead atoms. The van der Waals surface area contributed by atoms with E-state index in [0.29, 0.717) is 27.8 Å². The molecular formula is C26H24F2N4O. The number of anilines is 2. The Labute approximate surface area is 190 Å². The first kappa shape index (κ1) is 21.1. The number of fused-ring (bicyclic) bond motifs is 1. The molecule has 3 heterocycles. The van der Waals surface area contributed by atoms with Crippen LogP contribution in [0.4, 0.5) is 20.3 Å². The lowest BCUT2D eigenvalue weighted by Gasteiger charge is -2.18. The van der Waals surface area contributed by atoms with Crippen molar-refractivity contribution in [2.75, 3.05) is 23.3 Å². The number of carbonyl (C=O) groups is 1. The van der Waals surface area contributed by atoms with Gasteiger partial charge >= 0.3 is 0 Å². The minimum absolute atomic E-state index is 0.279. The molecule has 0 saturated carbocycles. The third-order valence-electron chi connectivity index (χ3n) is 6.10. The molecule has 1 amide bonds. The van der Waals surface area contributed by atoms with Gasteiger partial charge in [0.15, 0.2) is 0 Å². The molecule has 0 spiro atoms. The highest BCUT2D eigenvalue weighted by Gasteiger charge is 2.19. The molecule has 0 unspecified atom stereocenters. The Morgan fingerprint density at radius 1 is 1.03 bits per heavy atom. The standard InChI is InChI=1S/C26H24F2N4O/c1-17-11-25(31-9-2-3-10-31)29-15-22(17)30-26(33)24-14-19-13-21(28)7-8-23(19)32(24)16-18-5-4-6-20(27)12-18/h4-8,11-15H,2-3,9-10,16H2,1H3,(H,30,33). The molecule has 1 aliphatic heterocycles. The number of carbonyl (C=O) groups excluding carboxylic acids is 1. The number of aryl methyl sites for hydroxylation is 1. The summed E-state index contributed by atoms with van der Waals surface area (Å²) in [6, 6.07) is 14.3. The van der Waals surface area contributed by atoms with E-state index in [1.165, 1.54) is 24.3 Å². The van der Waals surface area contributed by atoms with E-state index in [1.54, 1.807) is 35.0 Å². The molecule has 1 N–H and O–H groups in total. The molecular weight excluding hydrogens is 422 g/mol. The van der Waals surface area contributed by atoms with E-state index in [0.717, 1.165) is 37.3 Å². The van der Waals surface area contributed by atoms with Crippen molar-refractivity contribution < 1.29 is 13.6 Å². The summed E-state index contributed by atoms with van der Waals surface area (Å²) in [5.74, 6) is -0.142. The zero-order valence-electron chi connectivity index (χ0n) is 18.3. The van der Waals surface area contributed by atoms with E-state index in [1.807, 2.05) is 13.0 Å². The van der Waals surface area contributed by atoms with Crippen LogP contribution in [0.3, 0.4) is 0 Å². The average molecular weight is 447 g/mol. The zero-order valence-corrected chi connectivity index (χ0v) is 18.3. The number of benzene rings is 2. The van der Waals surface area contributed by atoms with Gasteiger partial charge in [-0.25, -0.2) is 13.8 Å². The van der Waals surface area contributed by atoms with Crippen molar-refractivity contribution in [2.24, 2.45) is 0 Å². The summed E-state index contributed by atoms with van der Waals surface area (Å²) < 4.78 is 29.4. The van der Waals surface area contributed by atoms with Crippen molar-refractivity contribution in [1.82, 2.24) is 9.55 Å². The zero-order chi connectivity index (χ0) is 22.9. The van der Waals surface area contributed by atoms with Gasteiger partial charge in [0.1, 0.15) is 23.1 Å². The molecule has 5 nitrogen and oxygen atoms in total. The minimum atomic E-state index is -0.380. The van der Waals surface area contributed by atoms with Gasteiger partial charge in [-0.15, -0.1) is 0 Å². The molecule has 2 aromatic heterocycles. The molecule has 2 aromatic carbocycles. The van der Waals surface area contributed by atoms with Gasteiger partial charge in [-0.2, -0.15) is 0 Å². The smallest absolute Gasteiger partial charge is 0.272 e. The molecule has 0 radical (unpaired) electrons. The fourth-order valence-electron chi connectivity index (χ4n) is 4.40. The summed E-state index contributed by atoms with van der Waals surface area (Å²) in [7, 11) is 0. The first-order valence-corrected chi connectivity index (χ1v) is 11.0. The van der Waals surface area contributed by atoms with Crippen LogP contribution in [0.2, 0.25) is 0 Å². The monoisotopic (exact) mass is 446 g/mol. The van der Waals surface area contributed by atoms with Gasteiger partial charge in [0, 0.05) is 30.5 Å². The Balaban J connectivity index is 1.47. The second-order valence-corrected chi connectivity index (χ2v) is 8.45. The van der Waals surface area contributed by atoms with Crippen molar-refractivity contribution in [2.45, 2.75) is 26.3 Å². The van der Waals surface area contributed by atoms with Crippen molar-refractivity contribution in [3.63, 3.8) is 0 Å². The van der Waals surface area contributed by atoms with E-state index in [-0.39, 0.29) is 24.1 Å². The van der Waals surface area contributed by atoms with Crippen LogP contribution >= 0.6 is 0 Å². The Bertz CT molecular complexity index is 1340. The molecule has 7 heteroatoms. The molecule has 0 aliphatic carbocycles. The Hall–Kier alpha value is -3.74. The first-order valence-electron chi connectivity index (χ1n) is 11.0. The lowest BCUT2D eigenvalue weighted by Crippen LogP contribution is -2.20. The van der Waals surface area contributed by atoms with Crippen LogP contribution in [0.5, 0.6) is 0 Å². The fourth-order valence-corrected chi connectivity index (χ4v) is 4.40. The van der Waals surface area contributed by atoms with Crippen molar-refractivity contribution in [3.8, 4) is 0 Å². The fraction of sp³-hybridized carbons (Fsp3) is 0.231. The van der Waals surface area contributed by atoms with Crippen LogP contribution in [-0.2, 0) is 6.54 Å². The lowest BCUT2D eigenvalue weighted by atomic mass is 10.2. The van der Waals surface area contributed by atoms with E-state index in [9.17, 15) is 13.6 Å². The van der Waals surface area contributed by atoms with Crippen LogP contribution in [0, 0.1) is 18.6 Å². The summed E-state index contributed by atoms with van der Waals surface area (Å²) in [6.45, 7) is 4.21. The molecule has 33 heavy (non-hydrogen) atoms.